The number of carbonyl (C=O) groups excluding carboxylic acids is 1. The molecule has 2 nitrogen and oxygen atoms in total. The van der Waals surface area contributed by atoms with Crippen LogP contribution in [-0.2, 0) is 6.18 Å². The van der Waals surface area contributed by atoms with Gasteiger partial charge in [0.15, 0.2) is 0 Å². The quantitative estimate of drug-likeness (QED) is 0.817. The third kappa shape index (κ3) is 3.19. The zero-order valence-corrected chi connectivity index (χ0v) is 11.9. The Morgan fingerprint density at radius 1 is 1.33 bits per heavy atom. The van der Waals surface area contributed by atoms with Crippen LogP contribution in [0.15, 0.2) is 18.2 Å². The molecule has 6 heteroatoms. The summed E-state index contributed by atoms with van der Waals surface area (Å²) >= 11 is 0. The molecule has 1 atom stereocenters. The number of rotatable bonds is 2. The molecule has 21 heavy (non-hydrogen) atoms. The second kappa shape index (κ2) is 5.31. The summed E-state index contributed by atoms with van der Waals surface area (Å²) in [6, 6.07) is 2.59. The lowest BCUT2D eigenvalue weighted by molar-refractivity contribution is -0.140. The highest BCUT2D eigenvalue weighted by atomic mass is 19.4. The van der Waals surface area contributed by atoms with Gasteiger partial charge in [-0.25, -0.2) is 4.39 Å². The molecule has 1 unspecified atom stereocenters. The minimum absolute atomic E-state index is 0.131. The van der Waals surface area contributed by atoms with Crippen LogP contribution in [0.3, 0.4) is 0 Å². The van der Waals surface area contributed by atoms with E-state index in [0.29, 0.717) is 6.07 Å². The number of nitrogens with one attached hydrogen (secondary N) is 1. The molecule has 116 valence electrons. The maximum atomic E-state index is 13.9. The number of alkyl halides is 3. The predicted molar refractivity (Wildman–Crippen MR) is 70.3 cm³/mol. The summed E-state index contributed by atoms with van der Waals surface area (Å²) in [5.74, 6) is -2.31. The zero-order valence-electron chi connectivity index (χ0n) is 11.9. The average molecular weight is 303 g/mol. The Balaban J connectivity index is 2.24. The molecule has 0 radical (unpaired) electrons. The van der Waals surface area contributed by atoms with E-state index in [4.69, 9.17) is 0 Å². The predicted octanol–water partition coefficient (Wildman–Crippen LogP) is 4.15. The van der Waals surface area contributed by atoms with Gasteiger partial charge in [0.1, 0.15) is 5.82 Å². The molecule has 0 aliphatic heterocycles. The minimum atomic E-state index is -4.81. The third-order valence-electron chi connectivity index (χ3n) is 4.11. The molecule has 1 amide bonds. The Hall–Kier alpha value is -1.59. The number of carbonyl (C=O) groups is 1. The van der Waals surface area contributed by atoms with E-state index < -0.39 is 29.0 Å². The number of hydrogen-bond donors (Lipinski definition) is 1. The maximum Gasteiger partial charge on any atom is 0.419 e. The van der Waals surface area contributed by atoms with Gasteiger partial charge in [-0.1, -0.05) is 26.3 Å². The average Bonchev–Trinajstić information content (AvgIpc) is 2.67. The summed E-state index contributed by atoms with van der Waals surface area (Å²) in [5, 5.41) is 2.66. The van der Waals surface area contributed by atoms with E-state index in [9.17, 15) is 22.4 Å². The van der Waals surface area contributed by atoms with Gasteiger partial charge in [-0.2, -0.15) is 13.2 Å². The maximum absolute atomic E-state index is 13.9. The van der Waals surface area contributed by atoms with Crippen molar-refractivity contribution in [2.24, 2.45) is 5.41 Å². The lowest BCUT2D eigenvalue weighted by atomic mass is 9.87. The van der Waals surface area contributed by atoms with Crippen molar-refractivity contribution in [2.45, 2.75) is 45.3 Å². The van der Waals surface area contributed by atoms with Crippen molar-refractivity contribution in [1.29, 1.82) is 0 Å². The van der Waals surface area contributed by atoms with Crippen LogP contribution in [0.2, 0.25) is 0 Å². The fourth-order valence-corrected chi connectivity index (χ4v) is 2.76. The van der Waals surface area contributed by atoms with Gasteiger partial charge in [-0.05, 0) is 30.4 Å². The van der Waals surface area contributed by atoms with Gasteiger partial charge in [-0.3, -0.25) is 4.79 Å². The number of benzene rings is 1. The van der Waals surface area contributed by atoms with Crippen molar-refractivity contribution in [3.63, 3.8) is 0 Å². The van der Waals surface area contributed by atoms with Gasteiger partial charge >= 0.3 is 6.18 Å². The Labute approximate surface area is 120 Å². The summed E-state index contributed by atoms with van der Waals surface area (Å²) < 4.78 is 51.8. The Kier molecular flexibility index (Phi) is 4.00. The molecular weight excluding hydrogens is 286 g/mol. The normalized spacial score (nSPS) is 21.3. The Morgan fingerprint density at radius 3 is 2.52 bits per heavy atom. The fraction of sp³-hybridized carbons (Fsp3) is 0.533. The Morgan fingerprint density at radius 2 is 2.00 bits per heavy atom. The number of amides is 1. The first-order valence-corrected chi connectivity index (χ1v) is 6.79. The molecule has 1 N–H and O–H groups in total. The molecule has 0 bridgehead atoms. The topological polar surface area (TPSA) is 29.1 Å². The standard InChI is InChI=1S/C15H17F4NO/c1-14(2)8-4-7-11(14)20-13(21)9-5-3-6-10(12(9)16)15(17,18)19/h3,5-6,11H,4,7-8H2,1-2H3,(H,20,21). The van der Waals surface area contributed by atoms with Gasteiger partial charge in [0, 0.05) is 6.04 Å². The van der Waals surface area contributed by atoms with Crippen LogP contribution in [0, 0.1) is 11.2 Å². The molecule has 0 spiro atoms. The molecule has 1 aromatic carbocycles. The van der Waals surface area contributed by atoms with Crippen molar-refractivity contribution in [2.75, 3.05) is 0 Å². The van der Waals surface area contributed by atoms with Gasteiger partial charge in [0.2, 0.25) is 0 Å². The van der Waals surface area contributed by atoms with Crippen LogP contribution < -0.4 is 5.32 Å². The SMILES string of the molecule is CC1(C)CCCC1NC(=O)c1cccc(C(F)(F)F)c1F. The zero-order chi connectivity index (χ0) is 15.8. The largest absolute Gasteiger partial charge is 0.419 e. The molecule has 2 rings (SSSR count). The molecule has 0 heterocycles. The van der Waals surface area contributed by atoms with Crippen LogP contribution in [0.25, 0.3) is 0 Å². The number of halogens is 4. The van der Waals surface area contributed by atoms with Crippen molar-refractivity contribution in [3.05, 3.63) is 35.1 Å². The lowest BCUT2D eigenvalue weighted by Gasteiger charge is -2.28. The van der Waals surface area contributed by atoms with Crippen molar-refractivity contribution < 1.29 is 22.4 Å². The summed E-state index contributed by atoms with van der Waals surface area (Å²) in [4.78, 5) is 12.1. The number of hydrogen-bond acceptors (Lipinski definition) is 1. The van der Waals surface area contributed by atoms with Crippen LogP contribution in [0.1, 0.15) is 49.0 Å². The summed E-state index contributed by atoms with van der Waals surface area (Å²) in [6.45, 7) is 3.96. The highest BCUT2D eigenvalue weighted by Crippen LogP contribution is 2.37. The lowest BCUT2D eigenvalue weighted by Crippen LogP contribution is -2.41. The minimum Gasteiger partial charge on any atom is -0.349 e. The van der Waals surface area contributed by atoms with E-state index in [2.05, 4.69) is 5.32 Å². The molecule has 0 aromatic heterocycles. The van der Waals surface area contributed by atoms with E-state index in [1.54, 1.807) is 0 Å². The molecule has 1 aromatic rings. The summed E-state index contributed by atoms with van der Waals surface area (Å²) in [7, 11) is 0. The highest BCUT2D eigenvalue weighted by molar-refractivity contribution is 5.95. The van der Waals surface area contributed by atoms with Crippen LogP contribution in [-0.4, -0.2) is 11.9 Å². The van der Waals surface area contributed by atoms with Crippen LogP contribution >= 0.6 is 0 Å². The van der Waals surface area contributed by atoms with Gasteiger partial charge < -0.3 is 5.32 Å². The van der Waals surface area contributed by atoms with Crippen molar-refractivity contribution >= 4 is 5.91 Å². The molecule has 1 fully saturated rings. The van der Waals surface area contributed by atoms with E-state index in [1.165, 1.54) is 0 Å². The van der Waals surface area contributed by atoms with Gasteiger partial charge in [-0.15, -0.1) is 0 Å². The van der Waals surface area contributed by atoms with Gasteiger partial charge in [0.05, 0.1) is 11.1 Å². The van der Waals surface area contributed by atoms with E-state index in [0.717, 1.165) is 31.4 Å². The molecular formula is C15H17F4NO. The Bertz CT molecular complexity index is 551. The highest BCUT2D eigenvalue weighted by Gasteiger charge is 2.38. The second-order valence-corrected chi connectivity index (χ2v) is 6.07. The van der Waals surface area contributed by atoms with Crippen molar-refractivity contribution in [1.82, 2.24) is 5.32 Å². The first-order valence-electron chi connectivity index (χ1n) is 6.79. The van der Waals surface area contributed by atoms with E-state index in [-0.39, 0.29) is 11.5 Å². The molecule has 1 aliphatic carbocycles. The monoisotopic (exact) mass is 303 g/mol. The smallest absolute Gasteiger partial charge is 0.349 e. The molecule has 1 aliphatic rings. The third-order valence-corrected chi connectivity index (χ3v) is 4.11. The second-order valence-electron chi connectivity index (χ2n) is 6.07. The summed E-state index contributed by atoms with van der Waals surface area (Å²) in [6.07, 6.45) is -2.21. The summed E-state index contributed by atoms with van der Waals surface area (Å²) in [5.41, 5.74) is -2.11. The first kappa shape index (κ1) is 15.8. The van der Waals surface area contributed by atoms with E-state index >= 15 is 0 Å². The van der Waals surface area contributed by atoms with E-state index in [1.807, 2.05) is 13.8 Å². The fourth-order valence-electron chi connectivity index (χ4n) is 2.76. The first-order chi connectivity index (χ1) is 9.63. The van der Waals surface area contributed by atoms with Crippen LogP contribution in [0.5, 0.6) is 0 Å². The molecule has 1 saturated carbocycles. The van der Waals surface area contributed by atoms with Crippen molar-refractivity contribution in [3.8, 4) is 0 Å². The van der Waals surface area contributed by atoms with Gasteiger partial charge in [0.25, 0.3) is 5.91 Å². The van der Waals surface area contributed by atoms with Crippen LogP contribution in [0.4, 0.5) is 17.6 Å². The molecule has 0 saturated heterocycles.